The number of halogens is 1. The van der Waals surface area contributed by atoms with Crippen LogP contribution in [0.2, 0.25) is 0 Å². The molecule has 3 aromatic carbocycles. The summed E-state index contributed by atoms with van der Waals surface area (Å²) >= 11 is 3.51. The van der Waals surface area contributed by atoms with Crippen LogP contribution in [0.1, 0.15) is 42.0 Å². The van der Waals surface area contributed by atoms with Crippen molar-refractivity contribution in [3.63, 3.8) is 0 Å². The molecule has 2 amide bonds. The second kappa shape index (κ2) is 10.2. The molecule has 0 radical (unpaired) electrons. The maximum Gasteiger partial charge on any atom is 0.411 e. The third kappa shape index (κ3) is 5.45. The Hall–Kier alpha value is -3.12. The summed E-state index contributed by atoms with van der Waals surface area (Å²) in [6.07, 6.45) is -0.0518. The topological polar surface area (TPSA) is 58.6 Å². The van der Waals surface area contributed by atoms with Crippen LogP contribution in [0.15, 0.2) is 77.3 Å². The molecule has 170 valence electrons. The van der Waals surface area contributed by atoms with E-state index in [-0.39, 0.29) is 18.4 Å². The van der Waals surface area contributed by atoms with E-state index in [1.807, 2.05) is 72.8 Å². The zero-order valence-corrected chi connectivity index (χ0v) is 20.3. The van der Waals surface area contributed by atoms with Crippen LogP contribution in [0.4, 0.5) is 10.5 Å². The molecule has 4 rings (SSSR count). The van der Waals surface area contributed by atoms with Gasteiger partial charge in [0, 0.05) is 16.6 Å². The molecule has 33 heavy (non-hydrogen) atoms. The first kappa shape index (κ1) is 23.1. The van der Waals surface area contributed by atoms with Crippen LogP contribution in [0.5, 0.6) is 0 Å². The monoisotopic (exact) mass is 506 g/mol. The molecule has 1 atom stereocenters. The predicted molar refractivity (Wildman–Crippen MR) is 133 cm³/mol. The summed E-state index contributed by atoms with van der Waals surface area (Å²) in [4.78, 5) is 28.1. The van der Waals surface area contributed by atoms with Gasteiger partial charge in [0.1, 0.15) is 12.6 Å². The minimum atomic E-state index is -0.660. The highest BCUT2D eigenvalue weighted by atomic mass is 79.9. The third-order valence-electron chi connectivity index (χ3n) is 5.88. The second-order valence-electron chi connectivity index (χ2n) is 8.53. The summed E-state index contributed by atoms with van der Waals surface area (Å²) in [7, 11) is 0. The van der Waals surface area contributed by atoms with Crippen LogP contribution in [0.25, 0.3) is 0 Å². The van der Waals surface area contributed by atoms with E-state index in [9.17, 15) is 9.59 Å². The normalized spacial score (nSPS) is 15.2. The number of fused-ring (bicyclic) bond motifs is 1. The van der Waals surface area contributed by atoms with Crippen molar-refractivity contribution in [1.82, 2.24) is 4.90 Å². The van der Waals surface area contributed by atoms with Crippen LogP contribution in [0, 0.1) is 0 Å². The molecular formula is C27H27BrN2O3. The highest BCUT2D eigenvalue weighted by Gasteiger charge is 2.36. The smallest absolute Gasteiger partial charge is 0.411 e. The first-order chi connectivity index (χ1) is 15.9. The van der Waals surface area contributed by atoms with Crippen molar-refractivity contribution in [2.45, 2.75) is 45.4 Å². The van der Waals surface area contributed by atoms with Gasteiger partial charge in [0.15, 0.2) is 0 Å². The first-order valence-electron chi connectivity index (χ1n) is 11.1. The standard InChI is InChI=1S/C27H27BrN2O3/c1-18(2)23-15-22(28)12-13-24(23)29-26(31)25-14-20-10-6-7-11-21(20)16-30(25)27(32)33-17-19-8-4-3-5-9-19/h3-13,15,18,25H,14,16-17H2,1-2H3,(H,29,31)/t25-/m0/s1. The summed E-state index contributed by atoms with van der Waals surface area (Å²) in [5, 5.41) is 3.07. The molecule has 3 aromatic rings. The van der Waals surface area contributed by atoms with Gasteiger partial charge in [-0.2, -0.15) is 0 Å². The lowest BCUT2D eigenvalue weighted by atomic mass is 9.93. The number of benzene rings is 3. The van der Waals surface area contributed by atoms with E-state index in [4.69, 9.17) is 4.74 Å². The fraction of sp³-hybridized carbons (Fsp3) is 0.259. The minimum Gasteiger partial charge on any atom is -0.445 e. The number of nitrogens with one attached hydrogen (secondary N) is 1. The number of carbonyl (C=O) groups is 2. The van der Waals surface area contributed by atoms with Gasteiger partial charge in [-0.1, -0.05) is 84.4 Å². The van der Waals surface area contributed by atoms with Crippen molar-refractivity contribution in [2.75, 3.05) is 5.32 Å². The number of anilines is 1. The maximum absolute atomic E-state index is 13.5. The molecule has 0 spiro atoms. The Morgan fingerprint density at radius 2 is 1.73 bits per heavy atom. The largest absolute Gasteiger partial charge is 0.445 e. The Morgan fingerprint density at radius 3 is 2.45 bits per heavy atom. The van der Waals surface area contributed by atoms with Crippen LogP contribution in [-0.4, -0.2) is 22.9 Å². The van der Waals surface area contributed by atoms with E-state index in [0.29, 0.717) is 13.0 Å². The van der Waals surface area contributed by atoms with Crippen molar-refractivity contribution in [1.29, 1.82) is 0 Å². The number of amides is 2. The lowest BCUT2D eigenvalue weighted by molar-refractivity contribution is -0.121. The molecule has 0 bridgehead atoms. The number of rotatable bonds is 5. The molecule has 0 saturated heterocycles. The predicted octanol–water partition coefficient (Wildman–Crippen LogP) is 6.27. The SMILES string of the molecule is CC(C)c1cc(Br)ccc1NC(=O)[C@@H]1Cc2ccccc2CN1C(=O)OCc1ccccc1. The average molecular weight is 507 g/mol. The fourth-order valence-corrected chi connectivity index (χ4v) is 4.47. The third-order valence-corrected chi connectivity index (χ3v) is 6.38. The quantitative estimate of drug-likeness (QED) is 0.443. The molecule has 1 aliphatic heterocycles. The van der Waals surface area contributed by atoms with Gasteiger partial charge in [-0.25, -0.2) is 4.79 Å². The van der Waals surface area contributed by atoms with Gasteiger partial charge in [-0.15, -0.1) is 0 Å². The summed E-state index contributed by atoms with van der Waals surface area (Å²) in [5.41, 5.74) is 4.80. The number of nitrogens with zero attached hydrogens (tertiary/aromatic N) is 1. The highest BCUT2D eigenvalue weighted by molar-refractivity contribution is 9.10. The van der Waals surface area contributed by atoms with Crippen LogP contribution >= 0.6 is 15.9 Å². The average Bonchev–Trinajstić information content (AvgIpc) is 2.83. The van der Waals surface area contributed by atoms with Crippen LogP contribution in [0.3, 0.4) is 0 Å². The number of ether oxygens (including phenoxy) is 1. The maximum atomic E-state index is 13.5. The highest BCUT2D eigenvalue weighted by Crippen LogP contribution is 2.30. The van der Waals surface area contributed by atoms with Crippen molar-refractivity contribution < 1.29 is 14.3 Å². The molecule has 0 aliphatic carbocycles. The van der Waals surface area contributed by atoms with E-state index in [1.54, 1.807) is 0 Å². The molecule has 1 heterocycles. The van der Waals surface area contributed by atoms with E-state index < -0.39 is 12.1 Å². The molecular weight excluding hydrogens is 480 g/mol. The van der Waals surface area contributed by atoms with E-state index >= 15 is 0 Å². The first-order valence-corrected chi connectivity index (χ1v) is 11.9. The second-order valence-corrected chi connectivity index (χ2v) is 9.45. The molecule has 0 aromatic heterocycles. The van der Waals surface area contributed by atoms with Gasteiger partial charge in [0.05, 0.1) is 6.54 Å². The number of hydrogen-bond donors (Lipinski definition) is 1. The van der Waals surface area contributed by atoms with Crippen molar-refractivity contribution in [3.8, 4) is 0 Å². The van der Waals surface area contributed by atoms with E-state index in [0.717, 1.165) is 32.4 Å². The lowest BCUT2D eigenvalue weighted by Gasteiger charge is -2.35. The molecule has 0 fully saturated rings. The van der Waals surface area contributed by atoms with Gasteiger partial charge >= 0.3 is 6.09 Å². The number of hydrogen-bond acceptors (Lipinski definition) is 3. The van der Waals surface area contributed by atoms with Gasteiger partial charge in [-0.05, 0) is 46.4 Å². The van der Waals surface area contributed by atoms with Crippen molar-refractivity contribution in [3.05, 3.63) is 99.5 Å². The Balaban J connectivity index is 1.57. The van der Waals surface area contributed by atoms with Gasteiger partial charge < -0.3 is 10.1 Å². The summed E-state index contributed by atoms with van der Waals surface area (Å²) < 4.78 is 6.55. The van der Waals surface area contributed by atoms with E-state index in [1.165, 1.54) is 4.90 Å². The Bertz CT molecular complexity index is 1150. The zero-order chi connectivity index (χ0) is 23.4. The minimum absolute atomic E-state index is 0.163. The summed E-state index contributed by atoms with van der Waals surface area (Å²) in [6.45, 7) is 4.67. The van der Waals surface area contributed by atoms with Crippen LogP contribution < -0.4 is 5.32 Å². The summed E-state index contributed by atoms with van der Waals surface area (Å²) in [5.74, 6) is 0.0159. The summed E-state index contributed by atoms with van der Waals surface area (Å²) in [6, 6.07) is 22.6. The molecule has 0 saturated carbocycles. The molecule has 5 nitrogen and oxygen atoms in total. The Labute approximate surface area is 202 Å². The zero-order valence-electron chi connectivity index (χ0n) is 18.8. The van der Waals surface area contributed by atoms with E-state index in [2.05, 4.69) is 35.1 Å². The van der Waals surface area contributed by atoms with Gasteiger partial charge in [0.2, 0.25) is 5.91 Å². The molecule has 1 N–H and O–H groups in total. The number of carbonyl (C=O) groups excluding carboxylic acids is 2. The van der Waals surface area contributed by atoms with Gasteiger partial charge in [-0.3, -0.25) is 9.69 Å². The molecule has 0 unspecified atom stereocenters. The molecule has 6 heteroatoms. The fourth-order valence-electron chi connectivity index (χ4n) is 4.09. The van der Waals surface area contributed by atoms with Crippen molar-refractivity contribution >= 4 is 33.6 Å². The lowest BCUT2D eigenvalue weighted by Crippen LogP contribution is -2.50. The van der Waals surface area contributed by atoms with Crippen LogP contribution in [-0.2, 0) is 29.1 Å². The molecule has 1 aliphatic rings. The Morgan fingerprint density at radius 1 is 1.03 bits per heavy atom. The van der Waals surface area contributed by atoms with Gasteiger partial charge in [0.25, 0.3) is 0 Å². The van der Waals surface area contributed by atoms with Crippen molar-refractivity contribution in [2.24, 2.45) is 0 Å². The Kier molecular flexibility index (Phi) is 7.14.